The van der Waals surface area contributed by atoms with Crippen LogP contribution >= 0.6 is 11.3 Å². The zero-order chi connectivity index (χ0) is 17.8. The van der Waals surface area contributed by atoms with Crippen LogP contribution in [0.1, 0.15) is 31.5 Å². The molecular formula is C19H19N3O2S. The molecule has 1 aromatic carbocycles. The van der Waals surface area contributed by atoms with E-state index in [-0.39, 0.29) is 5.91 Å². The number of amides is 1. The van der Waals surface area contributed by atoms with E-state index in [0.717, 1.165) is 21.8 Å². The van der Waals surface area contributed by atoms with Gasteiger partial charge in [0.15, 0.2) is 0 Å². The minimum absolute atomic E-state index is 0.142. The molecule has 3 aromatic rings. The van der Waals surface area contributed by atoms with Crippen molar-refractivity contribution in [2.24, 2.45) is 0 Å². The summed E-state index contributed by atoms with van der Waals surface area (Å²) in [6.07, 6.45) is 3.34. The van der Waals surface area contributed by atoms with E-state index >= 15 is 0 Å². The fourth-order valence-corrected chi connectivity index (χ4v) is 3.24. The number of nitrogens with one attached hydrogen (secondary N) is 1. The zero-order valence-electron chi connectivity index (χ0n) is 14.4. The number of benzene rings is 1. The summed E-state index contributed by atoms with van der Waals surface area (Å²) in [5, 5.41) is 3.73. The first-order valence-corrected chi connectivity index (χ1v) is 8.73. The van der Waals surface area contributed by atoms with Crippen LogP contribution in [-0.2, 0) is 6.61 Å². The maximum absolute atomic E-state index is 12.6. The van der Waals surface area contributed by atoms with E-state index in [4.69, 9.17) is 4.74 Å². The van der Waals surface area contributed by atoms with Crippen molar-refractivity contribution in [3.63, 3.8) is 0 Å². The number of nitrogens with zero attached hydrogens (tertiary/aromatic N) is 2. The summed E-state index contributed by atoms with van der Waals surface area (Å²) >= 11 is 1.35. The van der Waals surface area contributed by atoms with E-state index in [1.807, 2.05) is 51.1 Å². The lowest BCUT2D eigenvalue weighted by Gasteiger charge is -2.09. The van der Waals surface area contributed by atoms with Gasteiger partial charge in [0.25, 0.3) is 5.91 Å². The summed E-state index contributed by atoms with van der Waals surface area (Å²) in [6.45, 7) is 6.17. The van der Waals surface area contributed by atoms with Gasteiger partial charge in [0, 0.05) is 11.9 Å². The maximum Gasteiger partial charge on any atom is 0.267 e. The van der Waals surface area contributed by atoms with Crippen molar-refractivity contribution in [1.82, 2.24) is 9.97 Å². The fourth-order valence-electron chi connectivity index (χ4n) is 2.37. The maximum atomic E-state index is 12.6. The molecule has 0 bridgehead atoms. The summed E-state index contributed by atoms with van der Waals surface area (Å²) in [5.41, 5.74) is 3.74. The van der Waals surface area contributed by atoms with Gasteiger partial charge in [0.05, 0.1) is 11.9 Å². The third-order valence-corrected chi connectivity index (χ3v) is 5.03. The Balaban J connectivity index is 1.71. The van der Waals surface area contributed by atoms with E-state index < -0.39 is 0 Å². The van der Waals surface area contributed by atoms with Gasteiger partial charge >= 0.3 is 0 Å². The first-order chi connectivity index (χ1) is 12.0. The number of pyridine rings is 1. The Morgan fingerprint density at radius 1 is 1.20 bits per heavy atom. The van der Waals surface area contributed by atoms with Crippen LogP contribution < -0.4 is 10.1 Å². The van der Waals surface area contributed by atoms with Crippen molar-refractivity contribution in [1.29, 1.82) is 0 Å². The molecule has 128 valence electrons. The highest BCUT2D eigenvalue weighted by Gasteiger charge is 2.16. The average molecular weight is 353 g/mol. The fraction of sp³-hybridized carbons (Fsp3) is 0.211. The summed E-state index contributed by atoms with van der Waals surface area (Å²) in [6, 6.07) is 9.51. The normalized spacial score (nSPS) is 10.5. The second-order valence-corrected chi connectivity index (χ2v) is 6.78. The number of hydrogen-bond acceptors (Lipinski definition) is 5. The molecule has 0 fully saturated rings. The molecule has 0 radical (unpaired) electrons. The van der Waals surface area contributed by atoms with Crippen molar-refractivity contribution in [2.75, 3.05) is 5.32 Å². The molecule has 0 aliphatic rings. The Hall–Kier alpha value is -2.73. The molecule has 0 spiro atoms. The first-order valence-electron chi connectivity index (χ1n) is 7.91. The van der Waals surface area contributed by atoms with Gasteiger partial charge in [-0.1, -0.05) is 12.1 Å². The largest absolute Gasteiger partial charge is 0.485 e. The lowest BCUT2D eigenvalue weighted by molar-refractivity contribution is 0.102. The van der Waals surface area contributed by atoms with Crippen LogP contribution in [0, 0.1) is 20.8 Å². The van der Waals surface area contributed by atoms with Gasteiger partial charge in [-0.15, -0.1) is 11.3 Å². The molecule has 0 atom stereocenters. The van der Waals surface area contributed by atoms with Crippen LogP contribution in [0.2, 0.25) is 0 Å². The first kappa shape index (κ1) is 17.1. The van der Waals surface area contributed by atoms with Crippen LogP contribution in [-0.4, -0.2) is 15.9 Å². The van der Waals surface area contributed by atoms with E-state index in [0.29, 0.717) is 22.9 Å². The monoisotopic (exact) mass is 353 g/mol. The quantitative estimate of drug-likeness (QED) is 0.743. The third-order valence-electron chi connectivity index (χ3n) is 3.90. The van der Waals surface area contributed by atoms with Gasteiger partial charge in [-0.25, -0.2) is 4.98 Å². The van der Waals surface area contributed by atoms with Gasteiger partial charge in [0.1, 0.15) is 22.2 Å². The number of rotatable bonds is 5. The molecule has 0 unspecified atom stereocenters. The molecule has 2 aromatic heterocycles. The summed E-state index contributed by atoms with van der Waals surface area (Å²) in [4.78, 5) is 21.6. The molecule has 25 heavy (non-hydrogen) atoms. The van der Waals surface area contributed by atoms with E-state index in [1.54, 1.807) is 12.4 Å². The topological polar surface area (TPSA) is 64.1 Å². The molecule has 0 aliphatic carbocycles. The predicted molar refractivity (Wildman–Crippen MR) is 99.3 cm³/mol. The third kappa shape index (κ3) is 4.03. The zero-order valence-corrected chi connectivity index (χ0v) is 15.2. The molecule has 0 saturated carbocycles. The lowest BCUT2D eigenvalue weighted by Crippen LogP contribution is -2.12. The summed E-state index contributed by atoms with van der Waals surface area (Å²) in [5.74, 6) is 0.535. The number of hydrogen-bond donors (Lipinski definition) is 1. The SMILES string of the molecule is Cc1cccc(NC(=O)c2sc(COc3cccnc3)nc2C)c1C. The molecule has 2 heterocycles. The van der Waals surface area contributed by atoms with Gasteiger partial charge in [-0.2, -0.15) is 0 Å². The van der Waals surface area contributed by atoms with Gasteiger partial charge in [0.2, 0.25) is 0 Å². The standard InChI is InChI=1S/C19H19N3O2S/c1-12-6-4-8-16(13(12)2)22-19(23)18-14(3)21-17(25-18)11-24-15-7-5-9-20-10-15/h4-10H,11H2,1-3H3,(H,22,23). The molecular weight excluding hydrogens is 334 g/mol. The molecule has 1 N–H and O–H groups in total. The Labute approximate surface area is 150 Å². The van der Waals surface area contributed by atoms with E-state index in [1.165, 1.54) is 11.3 Å². The Morgan fingerprint density at radius 2 is 2.04 bits per heavy atom. The number of anilines is 1. The second-order valence-electron chi connectivity index (χ2n) is 5.70. The number of aromatic nitrogens is 2. The Kier molecular flexibility index (Phi) is 5.09. The van der Waals surface area contributed by atoms with Crippen molar-refractivity contribution in [3.8, 4) is 5.75 Å². The Bertz CT molecular complexity index is 891. The second kappa shape index (κ2) is 7.44. The van der Waals surface area contributed by atoms with E-state index in [2.05, 4.69) is 15.3 Å². The van der Waals surface area contributed by atoms with E-state index in [9.17, 15) is 4.79 Å². The van der Waals surface area contributed by atoms with Crippen molar-refractivity contribution >= 4 is 22.9 Å². The molecule has 0 saturated heterocycles. The predicted octanol–water partition coefficient (Wildman–Crippen LogP) is 4.29. The average Bonchev–Trinajstić information content (AvgIpc) is 2.99. The van der Waals surface area contributed by atoms with Gasteiger partial charge in [-0.3, -0.25) is 9.78 Å². The van der Waals surface area contributed by atoms with Crippen LogP contribution in [0.4, 0.5) is 5.69 Å². The number of ether oxygens (including phenoxy) is 1. The van der Waals surface area contributed by atoms with Crippen LogP contribution in [0.5, 0.6) is 5.75 Å². The number of carbonyl (C=O) groups is 1. The van der Waals surface area contributed by atoms with Crippen molar-refractivity contribution in [3.05, 3.63) is 69.4 Å². The summed E-state index contributed by atoms with van der Waals surface area (Å²) < 4.78 is 5.65. The number of carbonyl (C=O) groups excluding carboxylic acids is 1. The smallest absolute Gasteiger partial charge is 0.267 e. The number of thiazole rings is 1. The van der Waals surface area contributed by atoms with Gasteiger partial charge in [-0.05, 0) is 50.1 Å². The number of aryl methyl sites for hydroxylation is 2. The van der Waals surface area contributed by atoms with Crippen LogP contribution in [0.25, 0.3) is 0 Å². The summed E-state index contributed by atoms with van der Waals surface area (Å²) in [7, 11) is 0. The molecule has 3 rings (SSSR count). The minimum Gasteiger partial charge on any atom is -0.485 e. The van der Waals surface area contributed by atoms with Crippen LogP contribution in [0.15, 0.2) is 42.7 Å². The molecule has 6 heteroatoms. The molecule has 5 nitrogen and oxygen atoms in total. The molecule has 0 aliphatic heterocycles. The highest BCUT2D eigenvalue weighted by Crippen LogP contribution is 2.23. The van der Waals surface area contributed by atoms with Crippen molar-refractivity contribution < 1.29 is 9.53 Å². The minimum atomic E-state index is -0.142. The highest BCUT2D eigenvalue weighted by molar-refractivity contribution is 7.13. The molecule has 1 amide bonds. The highest BCUT2D eigenvalue weighted by atomic mass is 32.1. The lowest BCUT2D eigenvalue weighted by atomic mass is 10.1. The van der Waals surface area contributed by atoms with Gasteiger partial charge < -0.3 is 10.1 Å². The van der Waals surface area contributed by atoms with Crippen molar-refractivity contribution in [2.45, 2.75) is 27.4 Å². The Morgan fingerprint density at radius 3 is 2.80 bits per heavy atom. The van der Waals surface area contributed by atoms with Crippen LogP contribution in [0.3, 0.4) is 0 Å².